The molecule has 0 aliphatic rings. The summed E-state index contributed by atoms with van der Waals surface area (Å²) in [6, 6.07) is 1.94. The number of H-pyrrole nitrogens is 1. The third-order valence-electron chi connectivity index (χ3n) is 3.12. The van der Waals surface area contributed by atoms with Gasteiger partial charge in [0.25, 0.3) is 0 Å². The molecule has 102 valence electrons. The molecule has 0 radical (unpaired) electrons. The number of aryl methyl sites for hydroxylation is 1. The molecular formula is C15H22N4. The van der Waals surface area contributed by atoms with Crippen LogP contribution in [0.4, 0.5) is 0 Å². The molecule has 0 amide bonds. The summed E-state index contributed by atoms with van der Waals surface area (Å²) in [5.74, 6) is 0.364. The smallest absolute Gasteiger partial charge is 0.110 e. The van der Waals surface area contributed by atoms with E-state index in [4.69, 9.17) is 9.97 Å². The van der Waals surface area contributed by atoms with Gasteiger partial charge in [-0.3, -0.25) is 10.1 Å². The van der Waals surface area contributed by atoms with Gasteiger partial charge in [0.05, 0.1) is 22.8 Å². The zero-order chi connectivity index (χ0) is 14.2. The van der Waals surface area contributed by atoms with Crippen molar-refractivity contribution >= 4 is 0 Å². The summed E-state index contributed by atoms with van der Waals surface area (Å²) in [6.07, 6.45) is 1.75. The molecule has 0 bridgehead atoms. The normalized spacial score (nSPS) is 12.2. The van der Waals surface area contributed by atoms with Crippen molar-refractivity contribution in [3.63, 3.8) is 0 Å². The van der Waals surface area contributed by atoms with Gasteiger partial charge < -0.3 is 0 Å². The van der Waals surface area contributed by atoms with Crippen LogP contribution in [-0.2, 0) is 5.41 Å². The maximum Gasteiger partial charge on any atom is 0.110 e. The number of aromatic nitrogens is 4. The highest BCUT2D eigenvalue weighted by Crippen LogP contribution is 2.31. The third kappa shape index (κ3) is 2.67. The van der Waals surface area contributed by atoms with Crippen molar-refractivity contribution in [2.24, 2.45) is 0 Å². The summed E-state index contributed by atoms with van der Waals surface area (Å²) in [5, 5.41) is 7.02. The topological polar surface area (TPSA) is 54.5 Å². The molecule has 2 aromatic rings. The zero-order valence-electron chi connectivity index (χ0n) is 12.6. The molecular weight excluding hydrogens is 236 g/mol. The number of rotatable bonds is 2. The monoisotopic (exact) mass is 258 g/mol. The van der Waals surface area contributed by atoms with Gasteiger partial charge in [-0.2, -0.15) is 5.10 Å². The second-order valence-corrected chi connectivity index (χ2v) is 6.27. The molecule has 0 unspecified atom stereocenters. The van der Waals surface area contributed by atoms with Crippen molar-refractivity contribution in [1.29, 1.82) is 0 Å². The summed E-state index contributed by atoms with van der Waals surface area (Å²) in [6.45, 7) is 12.8. The predicted octanol–water partition coefficient (Wildman–Crippen LogP) is 3.60. The molecule has 19 heavy (non-hydrogen) atoms. The number of nitrogens with one attached hydrogen (secondary N) is 1. The lowest BCUT2D eigenvalue weighted by atomic mass is 9.89. The van der Waals surface area contributed by atoms with E-state index in [0.29, 0.717) is 5.92 Å². The molecule has 0 saturated carbocycles. The minimum Gasteiger partial charge on any atom is -0.276 e. The first-order valence-electron chi connectivity index (χ1n) is 6.69. The first-order valence-corrected chi connectivity index (χ1v) is 6.69. The van der Waals surface area contributed by atoms with Gasteiger partial charge in [-0.05, 0) is 18.9 Å². The van der Waals surface area contributed by atoms with Crippen LogP contribution in [0.2, 0.25) is 0 Å². The van der Waals surface area contributed by atoms with Crippen LogP contribution in [0.1, 0.15) is 57.6 Å². The molecule has 1 N–H and O–H groups in total. The van der Waals surface area contributed by atoms with E-state index in [2.05, 4.69) is 44.8 Å². The number of aromatic amines is 1. The van der Waals surface area contributed by atoms with E-state index >= 15 is 0 Å². The van der Waals surface area contributed by atoms with Gasteiger partial charge >= 0.3 is 0 Å². The molecule has 2 aromatic heterocycles. The fraction of sp³-hybridized carbons (Fsp3) is 0.533. The molecule has 0 aliphatic heterocycles. The van der Waals surface area contributed by atoms with Crippen molar-refractivity contribution in [2.75, 3.05) is 0 Å². The fourth-order valence-corrected chi connectivity index (χ4v) is 2.18. The summed E-state index contributed by atoms with van der Waals surface area (Å²) in [7, 11) is 0. The summed E-state index contributed by atoms with van der Waals surface area (Å²) in [4.78, 5) is 9.66. The van der Waals surface area contributed by atoms with Gasteiger partial charge in [-0.15, -0.1) is 0 Å². The number of hydrogen-bond acceptors (Lipinski definition) is 3. The summed E-state index contributed by atoms with van der Waals surface area (Å²) in [5.41, 5.74) is 4.88. The fourth-order valence-electron chi connectivity index (χ4n) is 2.18. The quantitative estimate of drug-likeness (QED) is 0.895. The Morgan fingerprint density at radius 2 is 1.84 bits per heavy atom. The summed E-state index contributed by atoms with van der Waals surface area (Å²) < 4.78 is 0. The van der Waals surface area contributed by atoms with Crippen molar-refractivity contribution in [2.45, 2.75) is 52.9 Å². The van der Waals surface area contributed by atoms with E-state index in [0.717, 1.165) is 28.5 Å². The molecule has 0 aromatic carbocycles. The van der Waals surface area contributed by atoms with Crippen molar-refractivity contribution in [3.8, 4) is 11.4 Å². The highest BCUT2D eigenvalue weighted by atomic mass is 15.1. The molecule has 0 saturated heterocycles. The lowest BCUT2D eigenvalue weighted by Gasteiger charge is -2.23. The number of nitrogens with zero attached hydrogens (tertiary/aromatic N) is 3. The Bertz CT molecular complexity index is 563. The van der Waals surface area contributed by atoms with Crippen LogP contribution in [0.25, 0.3) is 11.4 Å². The predicted molar refractivity (Wildman–Crippen MR) is 77.1 cm³/mol. The number of hydrogen-bond donors (Lipinski definition) is 1. The molecule has 4 nitrogen and oxygen atoms in total. The molecule has 2 heterocycles. The average Bonchev–Trinajstić information content (AvgIpc) is 2.80. The first kappa shape index (κ1) is 13.7. The SMILES string of the molecule is Cc1nc(C(C)(C)C)c(-c2ccn[nH]2)nc1C(C)C. The van der Waals surface area contributed by atoms with Crippen molar-refractivity contribution < 1.29 is 0 Å². The summed E-state index contributed by atoms with van der Waals surface area (Å²) >= 11 is 0. The highest BCUT2D eigenvalue weighted by molar-refractivity contribution is 5.58. The van der Waals surface area contributed by atoms with Crippen LogP contribution in [0.15, 0.2) is 12.3 Å². The first-order chi connectivity index (χ1) is 8.80. The van der Waals surface area contributed by atoms with Crippen molar-refractivity contribution in [1.82, 2.24) is 20.2 Å². The largest absolute Gasteiger partial charge is 0.276 e. The maximum atomic E-state index is 4.85. The lowest BCUT2D eigenvalue weighted by Crippen LogP contribution is -2.19. The van der Waals surface area contributed by atoms with Gasteiger partial charge in [0, 0.05) is 11.6 Å². The Balaban J connectivity index is 2.70. The van der Waals surface area contributed by atoms with E-state index in [1.807, 2.05) is 13.0 Å². The third-order valence-corrected chi connectivity index (χ3v) is 3.12. The van der Waals surface area contributed by atoms with E-state index in [-0.39, 0.29) is 5.41 Å². The van der Waals surface area contributed by atoms with Gasteiger partial charge in [-0.1, -0.05) is 34.6 Å². The molecule has 0 atom stereocenters. The second kappa shape index (κ2) is 4.76. The molecule has 0 spiro atoms. The van der Waals surface area contributed by atoms with Crippen LogP contribution >= 0.6 is 0 Å². The van der Waals surface area contributed by atoms with Crippen LogP contribution in [0, 0.1) is 6.92 Å². The Morgan fingerprint density at radius 3 is 2.32 bits per heavy atom. The van der Waals surface area contributed by atoms with Crippen LogP contribution in [0.5, 0.6) is 0 Å². The maximum absolute atomic E-state index is 4.85. The Hall–Kier alpha value is -1.71. The molecule has 4 heteroatoms. The van der Waals surface area contributed by atoms with E-state index in [1.165, 1.54) is 0 Å². The van der Waals surface area contributed by atoms with E-state index in [9.17, 15) is 0 Å². The standard InChI is InChI=1S/C15H22N4/c1-9(2)12-10(3)17-14(15(4,5)6)13(18-12)11-7-8-16-19-11/h7-9H,1-6H3,(H,16,19). The molecule has 2 rings (SSSR count). The zero-order valence-corrected chi connectivity index (χ0v) is 12.6. The highest BCUT2D eigenvalue weighted by Gasteiger charge is 2.24. The Labute approximate surface area is 114 Å². The average molecular weight is 258 g/mol. The van der Waals surface area contributed by atoms with Crippen LogP contribution in [-0.4, -0.2) is 20.2 Å². The molecule has 0 aliphatic carbocycles. The van der Waals surface area contributed by atoms with Crippen molar-refractivity contribution in [3.05, 3.63) is 29.3 Å². The minimum atomic E-state index is -0.0479. The second-order valence-electron chi connectivity index (χ2n) is 6.27. The van der Waals surface area contributed by atoms with Gasteiger partial charge in [0.1, 0.15) is 5.69 Å². The van der Waals surface area contributed by atoms with E-state index < -0.39 is 0 Å². The van der Waals surface area contributed by atoms with Gasteiger partial charge in [0.2, 0.25) is 0 Å². The van der Waals surface area contributed by atoms with Gasteiger partial charge in [-0.25, -0.2) is 4.98 Å². The van der Waals surface area contributed by atoms with Crippen LogP contribution < -0.4 is 0 Å². The Kier molecular flexibility index (Phi) is 3.43. The van der Waals surface area contributed by atoms with Crippen LogP contribution in [0.3, 0.4) is 0 Å². The van der Waals surface area contributed by atoms with Gasteiger partial charge in [0.15, 0.2) is 0 Å². The lowest BCUT2D eigenvalue weighted by molar-refractivity contribution is 0.562. The Morgan fingerprint density at radius 1 is 1.16 bits per heavy atom. The minimum absolute atomic E-state index is 0.0479. The molecule has 0 fully saturated rings. The van der Waals surface area contributed by atoms with E-state index in [1.54, 1.807) is 6.20 Å².